The van der Waals surface area contributed by atoms with Gasteiger partial charge in [0.2, 0.25) is 0 Å². The standard InChI is InChI=1S/C15H26N4/c1-13(2)14(12-16-3)18-8-10-19(11-9-18)15-6-4-5-7-17-15/h4-7,13-14,16H,8-12H2,1-3H3. The summed E-state index contributed by atoms with van der Waals surface area (Å²) in [6, 6.07) is 6.77. The van der Waals surface area contributed by atoms with Crippen LogP contribution < -0.4 is 10.2 Å². The van der Waals surface area contributed by atoms with E-state index in [0.29, 0.717) is 12.0 Å². The van der Waals surface area contributed by atoms with Crippen LogP contribution in [0.5, 0.6) is 0 Å². The van der Waals surface area contributed by atoms with E-state index in [0.717, 1.165) is 38.5 Å². The van der Waals surface area contributed by atoms with Crippen molar-refractivity contribution in [1.29, 1.82) is 0 Å². The zero-order valence-electron chi connectivity index (χ0n) is 12.3. The quantitative estimate of drug-likeness (QED) is 0.870. The van der Waals surface area contributed by atoms with Crippen LogP contribution in [0.2, 0.25) is 0 Å². The summed E-state index contributed by atoms with van der Waals surface area (Å²) in [4.78, 5) is 9.43. The first-order chi connectivity index (χ1) is 9.22. The third-order valence-corrected chi connectivity index (χ3v) is 3.94. The van der Waals surface area contributed by atoms with E-state index in [1.165, 1.54) is 0 Å². The van der Waals surface area contributed by atoms with Crippen molar-refractivity contribution < 1.29 is 0 Å². The van der Waals surface area contributed by atoms with Crippen molar-refractivity contribution in [2.75, 3.05) is 44.7 Å². The molecule has 1 aliphatic heterocycles. The fourth-order valence-corrected chi connectivity index (χ4v) is 2.82. The SMILES string of the molecule is CNCC(C(C)C)N1CCN(c2ccccn2)CC1. The van der Waals surface area contributed by atoms with E-state index in [9.17, 15) is 0 Å². The lowest BCUT2D eigenvalue weighted by Crippen LogP contribution is -2.54. The van der Waals surface area contributed by atoms with Crippen LogP contribution in [0.15, 0.2) is 24.4 Å². The molecule has 2 rings (SSSR count). The second kappa shape index (κ2) is 6.87. The van der Waals surface area contributed by atoms with Crippen molar-refractivity contribution in [1.82, 2.24) is 15.2 Å². The highest BCUT2D eigenvalue weighted by Crippen LogP contribution is 2.17. The summed E-state index contributed by atoms with van der Waals surface area (Å²) >= 11 is 0. The molecule has 0 spiro atoms. The minimum Gasteiger partial charge on any atom is -0.354 e. The molecular formula is C15H26N4. The van der Waals surface area contributed by atoms with Crippen molar-refractivity contribution in [3.05, 3.63) is 24.4 Å². The number of nitrogens with zero attached hydrogens (tertiary/aromatic N) is 3. The minimum atomic E-state index is 0.635. The predicted octanol–water partition coefficient (Wildman–Crippen LogP) is 1.45. The molecule has 2 heterocycles. The van der Waals surface area contributed by atoms with E-state index < -0.39 is 0 Å². The predicted molar refractivity (Wildman–Crippen MR) is 80.6 cm³/mol. The average molecular weight is 262 g/mol. The van der Waals surface area contributed by atoms with E-state index in [1.54, 1.807) is 0 Å². The maximum absolute atomic E-state index is 4.44. The molecule has 0 bridgehead atoms. The topological polar surface area (TPSA) is 31.4 Å². The minimum absolute atomic E-state index is 0.635. The van der Waals surface area contributed by atoms with Gasteiger partial charge in [-0.15, -0.1) is 0 Å². The molecule has 1 saturated heterocycles. The van der Waals surface area contributed by atoms with E-state index in [-0.39, 0.29) is 0 Å². The smallest absolute Gasteiger partial charge is 0.128 e. The molecule has 0 radical (unpaired) electrons. The molecule has 1 aliphatic rings. The molecule has 19 heavy (non-hydrogen) atoms. The fourth-order valence-electron chi connectivity index (χ4n) is 2.82. The van der Waals surface area contributed by atoms with Gasteiger partial charge in [0.15, 0.2) is 0 Å². The van der Waals surface area contributed by atoms with Crippen molar-refractivity contribution >= 4 is 5.82 Å². The van der Waals surface area contributed by atoms with Gasteiger partial charge in [0.1, 0.15) is 5.82 Å². The Hall–Kier alpha value is -1.13. The Balaban J connectivity index is 1.91. The van der Waals surface area contributed by atoms with Gasteiger partial charge in [-0.2, -0.15) is 0 Å². The van der Waals surface area contributed by atoms with Crippen LogP contribution in [0.1, 0.15) is 13.8 Å². The molecule has 1 aromatic rings. The summed E-state index contributed by atoms with van der Waals surface area (Å²) < 4.78 is 0. The van der Waals surface area contributed by atoms with Crippen molar-refractivity contribution in [3.63, 3.8) is 0 Å². The van der Waals surface area contributed by atoms with Crippen LogP contribution in [0.25, 0.3) is 0 Å². The molecule has 1 aromatic heterocycles. The Morgan fingerprint density at radius 2 is 1.95 bits per heavy atom. The molecule has 1 fully saturated rings. The van der Waals surface area contributed by atoms with Gasteiger partial charge in [0.05, 0.1) is 0 Å². The highest BCUT2D eigenvalue weighted by atomic mass is 15.3. The molecule has 0 saturated carbocycles. The summed E-state index contributed by atoms with van der Waals surface area (Å²) in [7, 11) is 2.04. The van der Waals surface area contributed by atoms with Gasteiger partial charge in [0.25, 0.3) is 0 Å². The Morgan fingerprint density at radius 3 is 2.47 bits per heavy atom. The molecular weight excluding hydrogens is 236 g/mol. The van der Waals surface area contributed by atoms with Gasteiger partial charge in [0, 0.05) is 45.0 Å². The van der Waals surface area contributed by atoms with Crippen molar-refractivity contribution in [2.45, 2.75) is 19.9 Å². The lowest BCUT2D eigenvalue weighted by molar-refractivity contribution is 0.145. The second-order valence-corrected chi connectivity index (χ2v) is 5.58. The number of hydrogen-bond acceptors (Lipinski definition) is 4. The van der Waals surface area contributed by atoms with E-state index >= 15 is 0 Å². The molecule has 1 N–H and O–H groups in total. The zero-order valence-corrected chi connectivity index (χ0v) is 12.3. The number of pyridine rings is 1. The van der Waals surface area contributed by atoms with Gasteiger partial charge >= 0.3 is 0 Å². The monoisotopic (exact) mass is 262 g/mol. The Labute approximate surface area is 116 Å². The Kier molecular flexibility index (Phi) is 5.16. The average Bonchev–Trinajstić information content (AvgIpc) is 2.46. The van der Waals surface area contributed by atoms with Crippen LogP contribution >= 0.6 is 0 Å². The normalized spacial score (nSPS) is 18.8. The Bertz CT molecular complexity index is 358. The first kappa shape index (κ1) is 14.3. The first-order valence-electron chi connectivity index (χ1n) is 7.27. The molecule has 1 unspecified atom stereocenters. The molecule has 4 nitrogen and oxygen atoms in total. The van der Waals surface area contributed by atoms with Gasteiger partial charge in [-0.05, 0) is 25.1 Å². The van der Waals surface area contributed by atoms with Crippen molar-refractivity contribution in [3.8, 4) is 0 Å². The molecule has 1 atom stereocenters. The lowest BCUT2D eigenvalue weighted by atomic mass is 10.0. The van der Waals surface area contributed by atoms with E-state index in [1.807, 2.05) is 19.3 Å². The number of anilines is 1. The van der Waals surface area contributed by atoms with Crippen LogP contribution in [0.3, 0.4) is 0 Å². The second-order valence-electron chi connectivity index (χ2n) is 5.58. The summed E-state index contributed by atoms with van der Waals surface area (Å²) in [5.74, 6) is 1.80. The number of hydrogen-bond donors (Lipinski definition) is 1. The summed E-state index contributed by atoms with van der Waals surface area (Å²) in [6.07, 6.45) is 1.87. The van der Waals surface area contributed by atoms with Crippen LogP contribution in [0.4, 0.5) is 5.82 Å². The number of nitrogens with one attached hydrogen (secondary N) is 1. The van der Waals surface area contributed by atoms with Gasteiger partial charge in [-0.1, -0.05) is 19.9 Å². The van der Waals surface area contributed by atoms with Crippen LogP contribution in [0, 0.1) is 5.92 Å². The first-order valence-corrected chi connectivity index (χ1v) is 7.27. The number of aromatic nitrogens is 1. The van der Waals surface area contributed by atoms with Crippen LogP contribution in [-0.4, -0.2) is 55.7 Å². The molecule has 106 valence electrons. The van der Waals surface area contributed by atoms with Gasteiger partial charge in [-0.3, -0.25) is 4.90 Å². The third kappa shape index (κ3) is 3.67. The summed E-state index contributed by atoms with van der Waals surface area (Å²) in [5.41, 5.74) is 0. The fraction of sp³-hybridized carbons (Fsp3) is 0.667. The molecule has 0 aliphatic carbocycles. The van der Waals surface area contributed by atoms with Crippen LogP contribution in [-0.2, 0) is 0 Å². The van der Waals surface area contributed by atoms with Gasteiger partial charge in [-0.25, -0.2) is 4.98 Å². The van der Waals surface area contributed by atoms with E-state index in [4.69, 9.17) is 0 Å². The maximum Gasteiger partial charge on any atom is 0.128 e. The molecule has 0 amide bonds. The number of piperazine rings is 1. The number of rotatable bonds is 5. The Morgan fingerprint density at radius 1 is 1.21 bits per heavy atom. The highest BCUT2D eigenvalue weighted by molar-refractivity contribution is 5.38. The number of likely N-dealkylation sites (N-methyl/N-ethyl adjacent to an activating group) is 1. The molecule has 0 aromatic carbocycles. The lowest BCUT2D eigenvalue weighted by Gasteiger charge is -2.41. The maximum atomic E-state index is 4.44. The van der Waals surface area contributed by atoms with Gasteiger partial charge < -0.3 is 10.2 Å². The summed E-state index contributed by atoms with van der Waals surface area (Å²) in [6.45, 7) is 10.1. The van der Waals surface area contributed by atoms with Crippen molar-refractivity contribution in [2.24, 2.45) is 5.92 Å². The zero-order chi connectivity index (χ0) is 13.7. The van der Waals surface area contributed by atoms with E-state index in [2.05, 4.69) is 46.1 Å². The third-order valence-electron chi connectivity index (χ3n) is 3.94. The largest absolute Gasteiger partial charge is 0.354 e. The summed E-state index contributed by atoms with van der Waals surface area (Å²) in [5, 5.41) is 3.32. The highest BCUT2D eigenvalue weighted by Gasteiger charge is 2.25. The molecule has 4 heteroatoms.